The predicted octanol–water partition coefficient (Wildman–Crippen LogP) is 3.24. The van der Waals surface area contributed by atoms with Gasteiger partial charge in [0.2, 0.25) is 0 Å². The topological polar surface area (TPSA) is 70.4 Å². The van der Waals surface area contributed by atoms with Gasteiger partial charge in [-0.15, -0.1) is 0 Å². The van der Waals surface area contributed by atoms with Crippen LogP contribution in [-0.2, 0) is 17.8 Å². The molecule has 1 fully saturated rings. The van der Waals surface area contributed by atoms with Gasteiger partial charge in [0.25, 0.3) is 0 Å². The zero-order valence-electron chi connectivity index (χ0n) is 16.2. The number of nitrogens with one attached hydrogen (secondary N) is 1. The van der Waals surface area contributed by atoms with Gasteiger partial charge in [-0.1, -0.05) is 11.6 Å². The molecule has 1 saturated heterocycles. The third-order valence-electron chi connectivity index (χ3n) is 5.12. The van der Waals surface area contributed by atoms with Crippen molar-refractivity contribution in [2.45, 2.75) is 26.4 Å². The van der Waals surface area contributed by atoms with Crippen molar-refractivity contribution in [3.63, 3.8) is 0 Å². The van der Waals surface area contributed by atoms with Crippen LogP contribution in [-0.4, -0.2) is 64.4 Å². The number of fused-ring (bicyclic) bond motifs is 1. The summed E-state index contributed by atoms with van der Waals surface area (Å²) in [4.78, 5) is 9.20. The van der Waals surface area contributed by atoms with E-state index in [2.05, 4.69) is 31.0 Å². The second-order valence-corrected chi connectivity index (χ2v) is 7.64. The van der Waals surface area contributed by atoms with E-state index in [-0.39, 0.29) is 0 Å². The molecule has 0 radical (unpaired) electrons. The first-order valence-electron chi connectivity index (χ1n) is 9.73. The quantitative estimate of drug-likeness (QED) is 0.622. The van der Waals surface area contributed by atoms with Gasteiger partial charge in [-0.3, -0.25) is 19.9 Å². The molecule has 3 aromatic heterocycles. The van der Waals surface area contributed by atoms with E-state index >= 15 is 0 Å². The molecule has 7 nitrogen and oxygen atoms in total. The lowest BCUT2D eigenvalue weighted by atomic mass is 10.2. The molecule has 1 N–H and O–H groups in total. The van der Waals surface area contributed by atoms with E-state index in [0.29, 0.717) is 5.15 Å². The maximum atomic E-state index is 6.18. The number of morpholine rings is 1. The van der Waals surface area contributed by atoms with Crippen molar-refractivity contribution in [1.82, 2.24) is 25.0 Å². The average Bonchev–Trinajstić information content (AvgIpc) is 3.29. The lowest BCUT2D eigenvalue weighted by molar-refractivity contribution is 0.0358. The van der Waals surface area contributed by atoms with Crippen LogP contribution in [0, 0.1) is 6.92 Å². The fourth-order valence-electron chi connectivity index (χ4n) is 3.66. The molecule has 150 valence electrons. The number of rotatable bonds is 8. The van der Waals surface area contributed by atoms with Gasteiger partial charge in [-0.05, 0) is 32.0 Å². The first-order chi connectivity index (χ1) is 13.7. The summed E-state index contributed by atoms with van der Waals surface area (Å²) in [6, 6.07) is 4.06. The van der Waals surface area contributed by atoms with Gasteiger partial charge < -0.3 is 9.15 Å². The van der Waals surface area contributed by atoms with Gasteiger partial charge >= 0.3 is 0 Å². The lowest BCUT2D eigenvalue weighted by Gasteiger charge is -2.28. The van der Waals surface area contributed by atoms with E-state index in [9.17, 15) is 0 Å². The van der Waals surface area contributed by atoms with E-state index in [1.807, 2.05) is 19.2 Å². The monoisotopic (exact) mass is 403 g/mol. The Morgan fingerprint density at radius 1 is 1.21 bits per heavy atom. The minimum atomic E-state index is 0.532. The highest BCUT2D eigenvalue weighted by molar-refractivity contribution is 6.34. The maximum Gasteiger partial charge on any atom is 0.133 e. The van der Waals surface area contributed by atoms with E-state index in [1.54, 1.807) is 6.20 Å². The van der Waals surface area contributed by atoms with E-state index in [1.165, 1.54) is 0 Å². The molecular weight excluding hydrogens is 378 g/mol. The van der Waals surface area contributed by atoms with Crippen LogP contribution in [0.15, 0.2) is 28.9 Å². The van der Waals surface area contributed by atoms with Crippen LogP contribution in [0.2, 0.25) is 5.15 Å². The molecule has 8 heteroatoms. The fourth-order valence-corrected chi connectivity index (χ4v) is 3.84. The van der Waals surface area contributed by atoms with Crippen LogP contribution in [0.1, 0.15) is 23.5 Å². The number of ether oxygens (including phenoxy) is 1. The first kappa shape index (κ1) is 19.4. The lowest BCUT2D eigenvalue weighted by Crippen LogP contribution is -2.38. The highest BCUT2D eigenvalue weighted by Crippen LogP contribution is 2.23. The molecule has 28 heavy (non-hydrogen) atoms. The maximum absolute atomic E-state index is 6.18. The standard InChI is InChI=1S/C20H26ClN5O2/c1-15-3-4-17(28-15)14-26(6-2-5-25-7-9-27-10-8-25)13-16-11-22-12-18-19(16)23-24-20(18)21/h3-4,11-12H,2,5-10,13-14H2,1H3,(H,23,24). The van der Waals surface area contributed by atoms with Crippen LogP contribution in [0.3, 0.4) is 0 Å². The van der Waals surface area contributed by atoms with E-state index in [0.717, 1.165) is 86.9 Å². The van der Waals surface area contributed by atoms with Gasteiger partial charge in [-0.25, -0.2) is 0 Å². The second-order valence-electron chi connectivity index (χ2n) is 7.26. The zero-order valence-corrected chi connectivity index (χ0v) is 16.9. The molecule has 0 atom stereocenters. The van der Waals surface area contributed by atoms with Crippen molar-refractivity contribution in [3.05, 3.63) is 46.8 Å². The molecule has 0 aromatic carbocycles. The molecule has 0 bridgehead atoms. The zero-order chi connectivity index (χ0) is 19.3. The van der Waals surface area contributed by atoms with Crippen molar-refractivity contribution in [2.75, 3.05) is 39.4 Å². The Bertz CT molecular complexity index is 903. The summed E-state index contributed by atoms with van der Waals surface area (Å²) in [7, 11) is 0. The third-order valence-corrected chi connectivity index (χ3v) is 5.41. The molecule has 4 heterocycles. The van der Waals surface area contributed by atoms with Crippen molar-refractivity contribution < 1.29 is 9.15 Å². The molecule has 0 saturated carbocycles. The Morgan fingerprint density at radius 3 is 2.86 bits per heavy atom. The average molecular weight is 404 g/mol. The molecule has 0 unspecified atom stereocenters. The number of aromatic amines is 1. The molecular formula is C20H26ClN5O2. The number of hydrogen-bond donors (Lipinski definition) is 1. The van der Waals surface area contributed by atoms with Gasteiger partial charge in [-0.2, -0.15) is 5.10 Å². The molecule has 3 aromatic rings. The number of furan rings is 1. The van der Waals surface area contributed by atoms with E-state index in [4.69, 9.17) is 20.8 Å². The Labute approximate surface area is 169 Å². The number of halogens is 1. The number of pyridine rings is 1. The molecule has 0 aliphatic carbocycles. The number of aromatic nitrogens is 3. The second kappa shape index (κ2) is 9.05. The third kappa shape index (κ3) is 4.72. The van der Waals surface area contributed by atoms with Gasteiger partial charge in [0.1, 0.15) is 22.2 Å². The minimum Gasteiger partial charge on any atom is -0.465 e. The molecule has 0 amide bonds. The molecule has 0 spiro atoms. The summed E-state index contributed by atoms with van der Waals surface area (Å²) in [5, 5.41) is 8.61. The SMILES string of the molecule is Cc1ccc(CN(CCCN2CCOCC2)Cc2cncc3c(Cl)[nH]nc23)o1. The number of nitrogens with zero attached hydrogens (tertiary/aromatic N) is 4. The van der Waals surface area contributed by atoms with E-state index < -0.39 is 0 Å². The Morgan fingerprint density at radius 2 is 2.07 bits per heavy atom. The number of hydrogen-bond acceptors (Lipinski definition) is 6. The van der Waals surface area contributed by atoms with Crippen LogP contribution in [0.4, 0.5) is 0 Å². The highest BCUT2D eigenvalue weighted by Gasteiger charge is 2.16. The number of H-pyrrole nitrogens is 1. The van der Waals surface area contributed by atoms with Crippen molar-refractivity contribution in [2.24, 2.45) is 0 Å². The Balaban J connectivity index is 1.45. The first-order valence-corrected chi connectivity index (χ1v) is 10.1. The summed E-state index contributed by atoms with van der Waals surface area (Å²) < 4.78 is 11.3. The fraction of sp³-hybridized carbons (Fsp3) is 0.500. The molecule has 4 rings (SSSR count). The summed E-state index contributed by atoms with van der Waals surface area (Å²) in [5.74, 6) is 1.91. The summed E-state index contributed by atoms with van der Waals surface area (Å²) >= 11 is 6.18. The summed E-state index contributed by atoms with van der Waals surface area (Å²) in [6.07, 6.45) is 4.72. The van der Waals surface area contributed by atoms with Crippen LogP contribution >= 0.6 is 11.6 Å². The van der Waals surface area contributed by atoms with Crippen LogP contribution < -0.4 is 0 Å². The highest BCUT2D eigenvalue weighted by atomic mass is 35.5. The minimum absolute atomic E-state index is 0.532. The van der Waals surface area contributed by atoms with Gasteiger partial charge in [0, 0.05) is 44.1 Å². The van der Waals surface area contributed by atoms with Gasteiger partial charge in [0.05, 0.1) is 25.1 Å². The van der Waals surface area contributed by atoms with Crippen molar-refractivity contribution in [1.29, 1.82) is 0 Å². The Kier molecular flexibility index (Phi) is 6.26. The Hall–Kier alpha value is -1.93. The molecule has 1 aliphatic rings. The predicted molar refractivity (Wildman–Crippen MR) is 108 cm³/mol. The smallest absolute Gasteiger partial charge is 0.133 e. The van der Waals surface area contributed by atoms with Gasteiger partial charge in [0.15, 0.2) is 0 Å². The van der Waals surface area contributed by atoms with Crippen molar-refractivity contribution in [3.8, 4) is 0 Å². The molecule has 1 aliphatic heterocycles. The largest absolute Gasteiger partial charge is 0.465 e. The van der Waals surface area contributed by atoms with Crippen molar-refractivity contribution >= 4 is 22.5 Å². The summed E-state index contributed by atoms with van der Waals surface area (Å²) in [6.45, 7) is 9.23. The van der Waals surface area contributed by atoms with Crippen LogP contribution in [0.5, 0.6) is 0 Å². The summed E-state index contributed by atoms with van der Waals surface area (Å²) in [5.41, 5.74) is 1.95. The normalized spacial score (nSPS) is 15.7. The number of aryl methyl sites for hydroxylation is 1. The van der Waals surface area contributed by atoms with Crippen LogP contribution in [0.25, 0.3) is 10.9 Å².